The molecule has 0 radical (unpaired) electrons. The van der Waals surface area contributed by atoms with Crippen molar-refractivity contribution >= 4 is 21.2 Å². The van der Waals surface area contributed by atoms with Crippen molar-refractivity contribution in [1.82, 2.24) is 19.7 Å². The molecule has 3 aromatic heterocycles. The molecule has 0 aliphatic carbocycles. The van der Waals surface area contributed by atoms with Crippen molar-refractivity contribution in [2.75, 3.05) is 0 Å². The first-order valence-electron chi connectivity index (χ1n) is 6.46. The lowest BCUT2D eigenvalue weighted by Gasteiger charge is -2.03. The minimum atomic E-state index is -3.61. The van der Waals surface area contributed by atoms with Crippen LogP contribution in [-0.4, -0.2) is 28.2 Å². The average Bonchev–Trinajstić information content (AvgIpc) is 3.11. The average molecular weight is 338 g/mol. The van der Waals surface area contributed by atoms with Gasteiger partial charge in [-0.05, 0) is 19.9 Å². The number of aromatic nitrogens is 4. The Morgan fingerprint density at radius 3 is 2.68 bits per heavy atom. The second-order valence-corrected chi connectivity index (χ2v) is 7.82. The van der Waals surface area contributed by atoms with Crippen LogP contribution in [0.2, 0.25) is 0 Å². The maximum Gasteiger partial charge on any atom is 0.250 e. The molecule has 3 aromatic rings. The van der Waals surface area contributed by atoms with E-state index in [1.807, 2.05) is 6.92 Å². The summed E-state index contributed by atoms with van der Waals surface area (Å²) in [6.07, 6.45) is 1.53. The fourth-order valence-electron chi connectivity index (χ4n) is 2.17. The molecule has 9 heteroatoms. The minimum absolute atomic E-state index is 0.0752. The van der Waals surface area contributed by atoms with Crippen LogP contribution in [-0.2, 0) is 22.6 Å². The zero-order chi connectivity index (χ0) is 15.9. The molecule has 0 unspecified atom stereocenters. The van der Waals surface area contributed by atoms with Gasteiger partial charge in [0.25, 0.3) is 0 Å². The standard InChI is InChI=1S/C13H14N4O3S2/c1-8-11(4-5-20-8)12-15-16-13(17(12)3)22(18,19)7-10-6-21-9(2)14-10/h4-6H,7H2,1-3H3. The lowest BCUT2D eigenvalue weighted by atomic mass is 10.2. The van der Waals surface area contributed by atoms with Crippen LogP contribution >= 0.6 is 11.3 Å². The Bertz CT molecular complexity index is 921. The van der Waals surface area contributed by atoms with Crippen molar-refractivity contribution in [3.05, 3.63) is 34.2 Å². The summed E-state index contributed by atoms with van der Waals surface area (Å²) in [5.41, 5.74) is 1.24. The predicted octanol–water partition coefficient (Wildman–Crippen LogP) is 2.12. The van der Waals surface area contributed by atoms with Crippen molar-refractivity contribution in [1.29, 1.82) is 0 Å². The van der Waals surface area contributed by atoms with Crippen LogP contribution in [0.3, 0.4) is 0 Å². The Morgan fingerprint density at radius 1 is 1.32 bits per heavy atom. The highest BCUT2D eigenvalue weighted by molar-refractivity contribution is 7.90. The van der Waals surface area contributed by atoms with E-state index < -0.39 is 9.84 Å². The maximum absolute atomic E-state index is 12.5. The number of sulfone groups is 1. The first-order valence-corrected chi connectivity index (χ1v) is 8.99. The molecule has 0 amide bonds. The smallest absolute Gasteiger partial charge is 0.250 e. The summed E-state index contributed by atoms with van der Waals surface area (Å²) in [6, 6.07) is 1.74. The molecule has 116 valence electrons. The van der Waals surface area contributed by atoms with E-state index in [2.05, 4.69) is 15.2 Å². The third kappa shape index (κ3) is 2.57. The number of hydrogen-bond donors (Lipinski definition) is 0. The van der Waals surface area contributed by atoms with Gasteiger partial charge in [0.15, 0.2) is 5.82 Å². The topological polar surface area (TPSA) is 90.9 Å². The molecule has 22 heavy (non-hydrogen) atoms. The van der Waals surface area contributed by atoms with Crippen LogP contribution in [0.1, 0.15) is 16.5 Å². The van der Waals surface area contributed by atoms with Gasteiger partial charge < -0.3 is 8.98 Å². The van der Waals surface area contributed by atoms with E-state index in [1.165, 1.54) is 22.2 Å². The van der Waals surface area contributed by atoms with Gasteiger partial charge in [0.05, 0.1) is 22.5 Å². The van der Waals surface area contributed by atoms with Crippen LogP contribution in [0.15, 0.2) is 27.3 Å². The summed E-state index contributed by atoms with van der Waals surface area (Å²) in [4.78, 5) is 4.19. The summed E-state index contributed by atoms with van der Waals surface area (Å²) >= 11 is 1.42. The van der Waals surface area contributed by atoms with Crippen LogP contribution in [0.5, 0.6) is 0 Å². The van der Waals surface area contributed by atoms with Gasteiger partial charge in [0.1, 0.15) is 11.5 Å². The first kappa shape index (κ1) is 14.9. The van der Waals surface area contributed by atoms with E-state index >= 15 is 0 Å². The molecule has 0 N–H and O–H groups in total. The van der Waals surface area contributed by atoms with Crippen molar-refractivity contribution < 1.29 is 12.8 Å². The molecular weight excluding hydrogens is 324 g/mol. The third-order valence-electron chi connectivity index (χ3n) is 3.22. The summed E-state index contributed by atoms with van der Waals surface area (Å²) in [5.74, 6) is 0.932. The molecule has 0 saturated carbocycles. The summed E-state index contributed by atoms with van der Waals surface area (Å²) in [7, 11) is -1.98. The van der Waals surface area contributed by atoms with E-state index in [-0.39, 0.29) is 10.9 Å². The van der Waals surface area contributed by atoms with Crippen LogP contribution in [0.4, 0.5) is 0 Å². The monoisotopic (exact) mass is 338 g/mol. The normalized spacial score (nSPS) is 12.0. The van der Waals surface area contributed by atoms with E-state index in [0.29, 0.717) is 17.3 Å². The van der Waals surface area contributed by atoms with E-state index in [1.54, 1.807) is 25.4 Å². The molecule has 0 aliphatic rings. The maximum atomic E-state index is 12.5. The summed E-state index contributed by atoms with van der Waals surface area (Å²) < 4.78 is 31.7. The van der Waals surface area contributed by atoms with Gasteiger partial charge in [0, 0.05) is 12.4 Å². The van der Waals surface area contributed by atoms with Crippen molar-refractivity contribution in [2.45, 2.75) is 24.8 Å². The van der Waals surface area contributed by atoms with Gasteiger partial charge in [-0.1, -0.05) is 0 Å². The van der Waals surface area contributed by atoms with Gasteiger partial charge in [-0.25, -0.2) is 13.4 Å². The van der Waals surface area contributed by atoms with Crippen molar-refractivity contribution in [3.63, 3.8) is 0 Å². The Morgan fingerprint density at radius 2 is 2.09 bits per heavy atom. The van der Waals surface area contributed by atoms with E-state index in [9.17, 15) is 8.42 Å². The zero-order valence-electron chi connectivity index (χ0n) is 12.3. The molecule has 3 heterocycles. The first-order chi connectivity index (χ1) is 10.4. The van der Waals surface area contributed by atoms with Crippen molar-refractivity contribution in [2.24, 2.45) is 7.05 Å². The van der Waals surface area contributed by atoms with Gasteiger partial charge in [-0.15, -0.1) is 21.5 Å². The predicted molar refractivity (Wildman–Crippen MR) is 81.2 cm³/mol. The number of aryl methyl sites for hydroxylation is 2. The lowest BCUT2D eigenvalue weighted by Crippen LogP contribution is -2.11. The van der Waals surface area contributed by atoms with Crippen LogP contribution < -0.4 is 0 Å². The molecule has 0 saturated heterocycles. The van der Waals surface area contributed by atoms with Crippen molar-refractivity contribution in [3.8, 4) is 11.4 Å². The Kier molecular flexibility index (Phi) is 3.61. The molecule has 0 spiro atoms. The van der Waals surface area contributed by atoms with Crippen LogP contribution in [0.25, 0.3) is 11.4 Å². The molecule has 0 bridgehead atoms. The lowest BCUT2D eigenvalue weighted by molar-refractivity contribution is 0.534. The van der Waals surface area contributed by atoms with Crippen LogP contribution in [0, 0.1) is 13.8 Å². The zero-order valence-corrected chi connectivity index (χ0v) is 13.9. The SMILES string of the molecule is Cc1nc(CS(=O)(=O)c2nnc(-c3ccoc3C)n2C)cs1. The van der Waals surface area contributed by atoms with E-state index in [0.717, 1.165) is 10.6 Å². The molecule has 0 atom stereocenters. The fourth-order valence-corrected chi connectivity index (χ4v) is 4.22. The second-order valence-electron chi connectivity index (χ2n) is 4.87. The quantitative estimate of drug-likeness (QED) is 0.724. The summed E-state index contributed by atoms with van der Waals surface area (Å²) in [6.45, 7) is 3.62. The number of thiazole rings is 1. The number of rotatable bonds is 4. The molecule has 7 nitrogen and oxygen atoms in total. The molecular formula is C13H14N4O3S2. The minimum Gasteiger partial charge on any atom is -0.469 e. The number of furan rings is 1. The van der Waals surface area contributed by atoms with Gasteiger partial charge >= 0.3 is 0 Å². The highest BCUT2D eigenvalue weighted by Crippen LogP contribution is 2.25. The van der Waals surface area contributed by atoms with E-state index in [4.69, 9.17) is 4.42 Å². The Hall–Kier alpha value is -2.00. The largest absolute Gasteiger partial charge is 0.469 e. The third-order valence-corrected chi connectivity index (χ3v) is 5.63. The fraction of sp³-hybridized carbons (Fsp3) is 0.308. The molecule has 3 rings (SSSR count). The highest BCUT2D eigenvalue weighted by atomic mass is 32.2. The number of hydrogen-bond acceptors (Lipinski definition) is 7. The molecule has 0 fully saturated rings. The molecule has 0 aliphatic heterocycles. The second kappa shape index (κ2) is 5.33. The highest BCUT2D eigenvalue weighted by Gasteiger charge is 2.25. The molecule has 0 aromatic carbocycles. The Balaban J connectivity index is 1.98. The van der Waals surface area contributed by atoms with Gasteiger partial charge in [0.2, 0.25) is 15.0 Å². The van der Waals surface area contributed by atoms with Gasteiger partial charge in [-0.3, -0.25) is 0 Å². The Labute approximate surface area is 131 Å². The summed E-state index contributed by atoms with van der Waals surface area (Å²) in [5, 5.41) is 10.3. The van der Waals surface area contributed by atoms with Gasteiger partial charge in [-0.2, -0.15) is 0 Å². The number of nitrogens with zero attached hydrogens (tertiary/aromatic N) is 4.